The summed E-state index contributed by atoms with van der Waals surface area (Å²) in [6, 6.07) is 0. The van der Waals surface area contributed by atoms with Crippen LogP contribution in [0.4, 0.5) is 0 Å². The van der Waals surface area contributed by atoms with Crippen LogP contribution in [0.15, 0.2) is 0 Å². The number of nitrogens with two attached hydrogens (primary N) is 1. The second-order valence-corrected chi connectivity index (χ2v) is 3.61. The van der Waals surface area contributed by atoms with E-state index in [1.54, 1.807) is 0 Å². The monoisotopic (exact) mass is 149 g/mol. The van der Waals surface area contributed by atoms with E-state index in [9.17, 15) is 0 Å². The van der Waals surface area contributed by atoms with Gasteiger partial charge in [-0.3, -0.25) is 0 Å². The van der Waals surface area contributed by atoms with E-state index in [1.807, 2.05) is 0 Å². The third-order valence-electron chi connectivity index (χ3n) is 0.237. The van der Waals surface area contributed by atoms with Crippen LogP contribution in [0.25, 0.3) is 0 Å². The maximum absolute atomic E-state index is 5.15. The number of hydrogen-bond donors (Lipinski definition) is 2. The molecule has 2 N–H and O–H groups in total. The Balaban J connectivity index is 3.13. The number of thiol groups is 1. The van der Waals surface area contributed by atoms with E-state index < -0.39 is 0 Å². The van der Waals surface area contributed by atoms with Gasteiger partial charge < -0.3 is 5.73 Å². The molecular weight excluding hydrogens is 145 g/mol. The second kappa shape index (κ2) is 3.77. The summed E-state index contributed by atoms with van der Waals surface area (Å²) >= 11 is 9.45. The normalized spacial score (nSPS) is 13.4. The Morgan fingerprint density at radius 1 is 2.00 bits per heavy atom. The lowest BCUT2D eigenvalue weighted by Gasteiger charge is -1.98. The lowest BCUT2D eigenvalue weighted by atomic mass is 10.2. The average molecular weight is 149 g/mol. The zero-order chi connectivity index (χ0) is 5.86. The Hall–Kier alpha value is 0.815. The minimum absolute atomic E-state index is 0.280. The summed E-state index contributed by atoms with van der Waals surface area (Å²) < 4.78 is 0.0556. The van der Waals surface area contributed by atoms with Gasteiger partial charge in [0.15, 0.2) is 0 Å². The van der Waals surface area contributed by atoms with Crippen LogP contribution in [0.3, 0.4) is 0 Å². The van der Waals surface area contributed by atoms with Gasteiger partial charge in [0.2, 0.25) is 0 Å². The number of thiocarbonyl (C=S) groups is 1. The predicted octanol–water partition coefficient (Wildman–Crippen LogP) is 0.345. The topological polar surface area (TPSA) is 26.0 Å². The van der Waals surface area contributed by atoms with Crippen LogP contribution in [-0.2, 0) is 0 Å². The third kappa shape index (κ3) is 6.81. The van der Waals surface area contributed by atoms with Crippen molar-refractivity contribution in [1.82, 2.24) is 0 Å². The van der Waals surface area contributed by atoms with E-state index in [2.05, 4.69) is 24.8 Å². The molecule has 0 fully saturated rings. The van der Waals surface area contributed by atoms with E-state index in [0.717, 1.165) is 11.8 Å². The lowest BCUT2D eigenvalue weighted by molar-refractivity contribution is 1.33. The number of rotatable bonds is 1. The molecular formula is C2H4BNS3. The lowest BCUT2D eigenvalue weighted by Crippen LogP contribution is -2.08. The Morgan fingerprint density at radius 3 is 2.43 bits per heavy atom. The fourth-order valence-electron chi connectivity index (χ4n) is 0.119. The van der Waals surface area contributed by atoms with Crippen LogP contribution in [0.1, 0.15) is 0 Å². The second-order valence-electron chi connectivity index (χ2n) is 0.827. The first kappa shape index (κ1) is 7.81. The van der Waals surface area contributed by atoms with Crippen molar-refractivity contribution in [2.24, 2.45) is 5.73 Å². The summed E-state index contributed by atoms with van der Waals surface area (Å²) in [6.45, 7) is 0. The molecule has 0 aliphatic carbocycles. The van der Waals surface area contributed by atoms with Gasteiger partial charge in [0, 0.05) is 0 Å². The summed E-state index contributed by atoms with van der Waals surface area (Å²) in [7, 11) is 5.06. The molecule has 0 aliphatic heterocycles. The van der Waals surface area contributed by atoms with Gasteiger partial charge in [0.05, 0.1) is 4.71 Å². The highest BCUT2D eigenvalue weighted by Crippen LogP contribution is 2.08. The molecule has 0 aromatic rings. The minimum Gasteiger partial charge on any atom is -0.311 e. The van der Waals surface area contributed by atoms with Gasteiger partial charge in [0.25, 0.3) is 0 Å². The number of thioether (sulfide) groups is 1. The van der Waals surface area contributed by atoms with Crippen molar-refractivity contribution in [3.05, 3.63) is 0 Å². The molecule has 5 heteroatoms. The highest BCUT2D eigenvalue weighted by molar-refractivity contribution is 8.30. The Labute approximate surface area is 59.2 Å². The van der Waals surface area contributed by atoms with Gasteiger partial charge in [-0.05, 0) is 4.10 Å². The summed E-state index contributed by atoms with van der Waals surface area (Å²) in [5.41, 5.74) is 5.15. The SMILES string of the molecule is [B]C(=S)SC(N)S. The smallest absolute Gasteiger partial charge is 0.139 e. The fraction of sp³-hybridized carbons (Fsp3) is 0.500. The zero-order valence-corrected chi connectivity index (χ0v) is 6.02. The molecule has 0 heterocycles. The van der Waals surface area contributed by atoms with Crippen molar-refractivity contribution in [1.29, 1.82) is 0 Å². The molecule has 0 spiro atoms. The maximum Gasteiger partial charge on any atom is 0.139 e. The van der Waals surface area contributed by atoms with Crippen LogP contribution >= 0.6 is 36.6 Å². The van der Waals surface area contributed by atoms with Crippen molar-refractivity contribution >= 4 is 48.6 Å². The molecule has 7 heavy (non-hydrogen) atoms. The fourth-order valence-corrected chi connectivity index (χ4v) is 1.22. The van der Waals surface area contributed by atoms with Crippen molar-refractivity contribution in [2.45, 2.75) is 4.71 Å². The van der Waals surface area contributed by atoms with E-state index in [0.29, 0.717) is 4.10 Å². The van der Waals surface area contributed by atoms with Crippen molar-refractivity contribution in [3.8, 4) is 0 Å². The third-order valence-corrected chi connectivity index (χ3v) is 1.32. The predicted molar refractivity (Wildman–Crippen MR) is 42.9 cm³/mol. The van der Waals surface area contributed by atoms with E-state index in [4.69, 9.17) is 13.6 Å². The van der Waals surface area contributed by atoms with E-state index >= 15 is 0 Å². The highest BCUT2D eigenvalue weighted by atomic mass is 32.2. The van der Waals surface area contributed by atoms with Gasteiger partial charge in [-0.2, -0.15) is 0 Å². The first-order chi connectivity index (χ1) is 3.13. The van der Waals surface area contributed by atoms with Crippen LogP contribution in [0.2, 0.25) is 0 Å². The minimum atomic E-state index is -0.280. The van der Waals surface area contributed by atoms with Gasteiger partial charge in [-0.1, -0.05) is 12.2 Å². The van der Waals surface area contributed by atoms with Crippen LogP contribution < -0.4 is 5.73 Å². The maximum atomic E-state index is 5.15. The molecule has 0 aliphatic rings. The Bertz CT molecular complexity index is 73.3. The Morgan fingerprint density at radius 2 is 2.43 bits per heavy atom. The van der Waals surface area contributed by atoms with E-state index in [-0.39, 0.29) is 4.71 Å². The Kier molecular flexibility index (Phi) is 4.21. The molecule has 0 saturated carbocycles. The molecule has 0 aromatic carbocycles. The number of hydrogen-bond acceptors (Lipinski definition) is 4. The van der Waals surface area contributed by atoms with Crippen molar-refractivity contribution in [3.63, 3.8) is 0 Å². The van der Waals surface area contributed by atoms with Gasteiger partial charge in [-0.15, -0.1) is 24.4 Å². The van der Waals surface area contributed by atoms with Crippen LogP contribution in [0, 0.1) is 0 Å². The molecule has 0 bridgehead atoms. The quantitative estimate of drug-likeness (QED) is 0.243. The van der Waals surface area contributed by atoms with Crippen molar-refractivity contribution < 1.29 is 0 Å². The van der Waals surface area contributed by atoms with Gasteiger partial charge >= 0.3 is 0 Å². The van der Waals surface area contributed by atoms with Crippen LogP contribution in [-0.4, -0.2) is 16.6 Å². The molecule has 2 radical (unpaired) electrons. The average Bonchev–Trinajstić information content (AvgIpc) is 1.27. The molecule has 0 rings (SSSR count). The first-order valence-electron chi connectivity index (χ1n) is 1.52. The van der Waals surface area contributed by atoms with E-state index in [1.165, 1.54) is 0 Å². The summed E-state index contributed by atoms with van der Waals surface area (Å²) in [6.07, 6.45) is 0. The van der Waals surface area contributed by atoms with Crippen molar-refractivity contribution in [2.75, 3.05) is 0 Å². The first-order valence-corrected chi connectivity index (χ1v) is 3.33. The summed E-state index contributed by atoms with van der Waals surface area (Å²) in [5, 5.41) is 0. The molecule has 0 saturated heterocycles. The van der Waals surface area contributed by atoms with Gasteiger partial charge in [0.1, 0.15) is 7.85 Å². The molecule has 0 aromatic heterocycles. The summed E-state index contributed by atoms with van der Waals surface area (Å²) in [5.74, 6) is 0. The molecule has 1 unspecified atom stereocenters. The summed E-state index contributed by atoms with van der Waals surface area (Å²) in [4.78, 5) is 0. The van der Waals surface area contributed by atoms with Crippen LogP contribution in [0.5, 0.6) is 0 Å². The largest absolute Gasteiger partial charge is 0.311 e. The zero-order valence-electron chi connectivity index (χ0n) is 3.50. The molecule has 0 amide bonds. The molecule has 38 valence electrons. The standard InChI is InChI=1S/C2H4BNS3/c3-1(5)7-2(4)6/h2,6H,4H2. The molecule has 1 atom stereocenters. The molecule has 1 nitrogen and oxygen atoms in total. The van der Waals surface area contributed by atoms with Gasteiger partial charge in [-0.25, -0.2) is 0 Å². The highest BCUT2D eigenvalue weighted by Gasteiger charge is 1.92.